The minimum Gasteiger partial charge on any atom is -0.327 e. The molecule has 1 saturated heterocycles. The van der Waals surface area contributed by atoms with Crippen molar-refractivity contribution in [1.29, 1.82) is 0 Å². The van der Waals surface area contributed by atoms with Gasteiger partial charge in [-0.3, -0.25) is 9.59 Å². The van der Waals surface area contributed by atoms with Crippen LogP contribution in [0.25, 0.3) is 11.0 Å². The number of likely N-dealkylation sites (tertiary alicyclic amines) is 1. The number of aromatic amines is 2. The number of carbonyl (C=O) groups is 2. The lowest BCUT2D eigenvalue weighted by molar-refractivity contribution is -0.119. The molecule has 144 valence electrons. The number of imidazole rings is 1. The van der Waals surface area contributed by atoms with Gasteiger partial charge in [0.15, 0.2) is 0 Å². The smallest absolute Gasteiger partial charge is 0.323 e. The van der Waals surface area contributed by atoms with Crippen molar-refractivity contribution in [3.8, 4) is 0 Å². The largest absolute Gasteiger partial charge is 0.327 e. The molecule has 3 aromatic rings. The first-order valence-corrected chi connectivity index (χ1v) is 9.46. The van der Waals surface area contributed by atoms with E-state index >= 15 is 0 Å². The number of aromatic nitrogens is 2. The quantitative estimate of drug-likeness (QED) is 0.607. The number of benzene rings is 2. The molecule has 9 heteroatoms. The van der Waals surface area contributed by atoms with Gasteiger partial charge in [-0.25, -0.2) is 4.79 Å². The standard InChI is InChI=1S/C19H16Cl2N4O3/c20-11-6-10(7-12(21)8-11)18(27)25-5-1-2-16(25)17(26)22-13-3-4-14-15(9-13)24-19(28)23-14/h3-4,6-9,16H,1-2,5H2,(H,22,26)(H2,23,24,28)/t16-/m1/s1. The summed E-state index contributed by atoms with van der Waals surface area (Å²) in [4.78, 5) is 43.9. The number of fused-ring (bicyclic) bond motifs is 1. The zero-order chi connectivity index (χ0) is 19.8. The number of hydrogen-bond acceptors (Lipinski definition) is 3. The normalized spacial score (nSPS) is 16.5. The molecule has 1 fully saturated rings. The van der Waals surface area contributed by atoms with E-state index in [0.29, 0.717) is 45.3 Å². The van der Waals surface area contributed by atoms with Gasteiger partial charge in [0.1, 0.15) is 6.04 Å². The lowest BCUT2D eigenvalue weighted by atomic mass is 10.1. The summed E-state index contributed by atoms with van der Waals surface area (Å²) >= 11 is 12.0. The van der Waals surface area contributed by atoms with Crippen molar-refractivity contribution in [2.24, 2.45) is 0 Å². The molecule has 0 bridgehead atoms. The Kier molecular flexibility index (Phi) is 4.87. The molecule has 3 N–H and O–H groups in total. The van der Waals surface area contributed by atoms with E-state index in [0.717, 1.165) is 6.42 Å². The Balaban J connectivity index is 1.53. The van der Waals surface area contributed by atoms with Crippen molar-refractivity contribution in [2.45, 2.75) is 18.9 Å². The lowest BCUT2D eigenvalue weighted by Gasteiger charge is -2.24. The van der Waals surface area contributed by atoms with Crippen LogP contribution in [0.4, 0.5) is 5.69 Å². The highest BCUT2D eigenvalue weighted by Gasteiger charge is 2.34. The van der Waals surface area contributed by atoms with Gasteiger partial charge in [-0.1, -0.05) is 23.2 Å². The van der Waals surface area contributed by atoms with Crippen molar-refractivity contribution >= 4 is 51.7 Å². The minimum atomic E-state index is -0.591. The van der Waals surface area contributed by atoms with Gasteiger partial charge >= 0.3 is 5.69 Å². The summed E-state index contributed by atoms with van der Waals surface area (Å²) in [6.45, 7) is 0.477. The predicted octanol–water partition coefficient (Wildman–Crippen LogP) is 3.41. The van der Waals surface area contributed by atoms with E-state index in [-0.39, 0.29) is 17.5 Å². The molecule has 0 spiro atoms. The highest BCUT2D eigenvalue weighted by Crippen LogP contribution is 2.25. The molecular weight excluding hydrogens is 403 g/mol. The molecule has 2 amide bonds. The third kappa shape index (κ3) is 3.63. The van der Waals surface area contributed by atoms with E-state index in [9.17, 15) is 14.4 Å². The first kappa shape index (κ1) is 18.6. The number of anilines is 1. The van der Waals surface area contributed by atoms with Gasteiger partial charge in [0.25, 0.3) is 5.91 Å². The van der Waals surface area contributed by atoms with Crippen molar-refractivity contribution < 1.29 is 9.59 Å². The third-order valence-electron chi connectivity index (χ3n) is 4.71. The van der Waals surface area contributed by atoms with E-state index in [4.69, 9.17) is 23.2 Å². The SMILES string of the molecule is O=C(Nc1ccc2[nH]c(=O)[nH]c2c1)[C@H]1CCCN1C(=O)c1cc(Cl)cc(Cl)c1. The van der Waals surface area contributed by atoms with Gasteiger partial charge in [-0.15, -0.1) is 0 Å². The summed E-state index contributed by atoms with van der Waals surface area (Å²) in [6, 6.07) is 9.11. The van der Waals surface area contributed by atoms with Crippen LogP contribution < -0.4 is 11.0 Å². The molecule has 4 rings (SSSR count). The van der Waals surface area contributed by atoms with Crippen LogP contribution in [0.5, 0.6) is 0 Å². The monoisotopic (exact) mass is 418 g/mol. The highest BCUT2D eigenvalue weighted by atomic mass is 35.5. The summed E-state index contributed by atoms with van der Waals surface area (Å²) in [5.41, 5.74) is 1.82. The van der Waals surface area contributed by atoms with Gasteiger partial charge in [-0.05, 0) is 49.2 Å². The maximum atomic E-state index is 12.9. The molecule has 2 heterocycles. The molecular formula is C19H16Cl2N4O3. The molecule has 7 nitrogen and oxygen atoms in total. The number of H-pyrrole nitrogens is 2. The molecule has 0 unspecified atom stereocenters. The maximum absolute atomic E-state index is 12.9. The van der Waals surface area contributed by atoms with Crippen LogP contribution in [0.3, 0.4) is 0 Å². The van der Waals surface area contributed by atoms with Crippen molar-refractivity contribution in [1.82, 2.24) is 14.9 Å². The summed E-state index contributed by atoms with van der Waals surface area (Å²) < 4.78 is 0. The zero-order valence-electron chi connectivity index (χ0n) is 14.6. The average molecular weight is 419 g/mol. The Labute approximate surface area is 169 Å². The van der Waals surface area contributed by atoms with Crippen molar-refractivity contribution in [3.63, 3.8) is 0 Å². The topological polar surface area (TPSA) is 98.1 Å². The van der Waals surface area contributed by atoms with Gasteiger partial charge < -0.3 is 20.2 Å². The number of hydrogen-bond donors (Lipinski definition) is 3. The Morgan fingerprint density at radius 2 is 1.75 bits per heavy atom. The Morgan fingerprint density at radius 3 is 2.50 bits per heavy atom. The van der Waals surface area contributed by atoms with E-state index in [1.165, 1.54) is 4.90 Å². The third-order valence-corrected chi connectivity index (χ3v) is 5.15. The molecule has 28 heavy (non-hydrogen) atoms. The fourth-order valence-electron chi connectivity index (χ4n) is 3.46. The zero-order valence-corrected chi connectivity index (χ0v) is 16.1. The van der Waals surface area contributed by atoms with Crippen LogP contribution in [-0.4, -0.2) is 39.3 Å². The molecule has 0 radical (unpaired) electrons. The maximum Gasteiger partial charge on any atom is 0.323 e. The highest BCUT2D eigenvalue weighted by molar-refractivity contribution is 6.35. The molecule has 0 aliphatic carbocycles. The predicted molar refractivity (Wildman–Crippen MR) is 108 cm³/mol. The van der Waals surface area contributed by atoms with Crippen LogP contribution >= 0.6 is 23.2 Å². The molecule has 1 atom stereocenters. The lowest BCUT2D eigenvalue weighted by Crippen LogP contribution is -2.43. The van der Waals surface area contributed by atoms with E-state index in [1.54, 1.807) is 36.4 Å². The molecule has 1 aliphatic rings. The van der Waals surface area contributed by atoms with Crippen LogP contribution in [0.1, 0.15) is 23.2 Å². The van der Waals surface area contributed by atoms with E-state index in [2.05, 4.69) is 15.3 Å². The Bertz CT molecular complexity index is 1120. The number of carbonyl (C=O) groups excluding carboxylic acids is 2. The number of halogens is 2. The van der Waals surface area contributed by atoms with Gasteiger partial charge in [0.2, 0.25) is 5.91 Å². The van der Waals surface area contributed by atoms with Crippen LogP contribution in [-0.2, 0) is 4.79 Å². The van der Waals surface area contributed by atoms with Crippen LogP contribution in [0, 0.1) is 0 Å². The number of nitrogens with one attached hydrogen (secondary N) is 3. The number of rotatable bonds is 3. The number of amides is 2. The summed E-state index contributed by atoms with van der Waals surface area (Å²) in [6.07, 6.45) is 1.29. The number of nitrogens with zero attached hydrogens (tertiary/aromatic N) is 1. The average Bonchev–Trinajstić information content (AvgIpc) is 3.25. The molecule has 1 aliphatic heterocycles. The molecule has 1 aromatic heterocycles. The Morgan fingerprint density at radius 1 is 1.04 bits per heavy atom. The van der Waals surface area contributed by atoms with Crippen molar-refractivity contribution in [2.75, 3.05) is 11.9 Å². The van der Waals surface area contributed by atoms with E-state index in [1.807, 2.05) is 0 Å². The second kappa shape index (κ2) is 7.33. The fraction of sp³-hybridized carbons (Fsp3) is 0.211. The minimum absolute atomic E-state index is 0.281. The van der Waals surface area contributed by atoms with Gasteiger partial charge in [0.05, 0.1) is 11.0 Å². The second-order valence-electron chi connectivity index (χ2n) is 6.64. The second-order valence-corrected chi connectivity index (χ2v) is 7.52. The first-order valence-electron chi connectivity index (χ1n) is 8.71. The van der Waals surface area contributed by atoms with Crippen LogP contribution in [0.2, 0.25) is 10.0 Å². The fourth-order valence-corrected chi connectivity index (χ4v) is 3.99. The van der Waals surface area contributed by atoms with Crippen LogP contribution in [0.15, 0.2) is 41.2 Å². The molecule has 2 aromatic carbocycles. The summed E-state index contributed by atoms with van der Waals surface area (Å²) in [5, 5.41) is 3.55. The first-order chi connectivity index (χ1) is 13.4. The summed E-state index contributed by atoms with van der Waals surface area (Å²) in [7, 11) is 0. The Hall–Kier alpha value is -2.77. The van der Waals surface area contributed by atoms with Gasteiger partial charge in [0, 0.05) is 27.8 Å². The van der Waals surface area contributed by atoms with Crippen molar-refractivity contribution in [3.05, 3.63) is 62.5 Å². The summed E-state index contributed by atoms with van der Waals surface area (Å²) in [5.74, 6) is -0.566. The van der Waals surface area contributed by atoms with E-state index < -0.39 is 6.04 Å². The molecule has 0 saturated carbocycles. The van der Waals surface area contributed by atoms with Gasteiger partial charge in [-0.2, -0.15) is 0 Å².